The van der Waals surface area contributed by atoms with Crippen LogP contribution >= 0.6 is 24.0 Å². The maximum absolute atomic E-state index is 5.66. The fourth-order valence-electron chi connectivity index (χ4n) is 4.47. The van der Waals surface area contributed by atoms with Gasteiger partial charge in [-0.15, -0.1) is 24.0 Å². The van der Waals surface area contributed by atoms with Gasteiger partial charge in [-0.3, -0.25) is 4.99 Å². The third-order valence-electron chi connectivity index (χ3n) is 6.43. The van der Waals surface area contributed by atoms with Crippen LogP contribution in [0, 0.1) is 0 Å². The fraction of sp³-hybridized carbons (Fsp3) is 0.480. The highest BCUT2D eigenvalue weighted by Gasteiger charge is 2.34. The van der Waals surface area contributed by atoms with Crippen molar-refractivity contribution in [2.45, 2.75) is 31.1 Å². The van der Waals surface area contributed by atoms with Gasteiger partial charge in [-0.05, 0) is 54.2 Å². The minimum absolute atomic E-state index is 0. The van der Waals surface area contributed by atoms with Crippen molar-refractivity contribution < 1.29 is 14.2 Å². The first-order valence-electron chi connectivity index (χ1n) is 11.1. The van der Waals surface area contributed by atoms with E-state index in [0.29, 0.717) is 0 Å². The molecule has 0 saturated carbocycles. The van der Waals surface area contributed by atoms with E-state index < -0.39 is 0 Å². The zero-order valence-electron chi connectivity index (χ0n) is 19.0. The second kappa shape index (κ2) is 11.7. The Labute approximate surface area is 208 Å². The van der Waals surface area contributed by atoms with Crippen molar-refractivity contribution in [1.29, 1.82) is 0 Å². The highest BCUT2D eigenvalue weighted by Crippen LogP contribution is 2.35. The molecule has 1 saturated heterocycles. The lowest BCUT2D eigenvalue weighted by Crippen LogP contribution is -2.48. The first-order valence-corrected chi connectivity index (χ1v) is 11.1. The second-order valence-electron chi connectivity index (χ2n) is 8.26. The monoisotopic (exact) mass is 551 g/mol. The summed E-state index contributed by atoms with van der Waals surface area (Å²) in [7, 11) is 3.53. The minimum Gasteiger partial charge on any atom is -0.497 e. The number of methoxy groups -OCH3 is 1. The molecule has 2 aliphatic rings. The third-order valence-corrected chi connectivity index (χ3v) is 6.43. The number of rotatable bonds is 7. The van der Waals surface area contributed by atoms with Gasteiger partial charge in [0.05, 0.1) is 13.7 Å². The maximum Gasteiger partial charge on any atom is 0.191 e. The molecule has 2 aliphatic heterocycles. The Kier molecular flexibility index (Phi) is 9.04. The quantitative estimate of drug-likeness (QED) is 0.312. The van der Waals surface area contributed by atoms with E-state index in [1.807, 2.05) is 19.2 Å². The van der Waals surface area contributed by atoms with Crippen molar-refractivity contribution in [2.75, 3.05) is 47.1 Å². The lowest BCUT2D eigenvalue weighted by atomic mass is 9.74. The number of benzene rings is 2. The minimum atomic E-state index is 0. The van der Waals surface area contributed by atoms with Gasteiger partial charge >= 0.3 is 0 Å². The van der Waals surface area contributed by atoms with E-state index in [1.54, 1.807) is 7.11 Å². The van der Waals surface area contributed by atoms with E-state index in [0.717, 1.165) is 76.1 Å². The Morgan fingerprint density at radius 2 is 1.84 bits per heavy atom. The summed E-state index contributed by atoms with van der Waals surface area (Å²) >= 11 is 0. The molecule has 2 heterocycles. The van der Waals surface area contributed by atoms with E-state index in [2.05, 4.69) is 46.0 Å². The molecule has 0 aliphatic carbocycles. The highest BCUT2D eigenvalue weighted by molar-refractivity contribution is 14.0. The predicted octanol–water partition coefficient (Wildman–Crippen LogP) is 3.70. The van der Waals surface area contributed by atoms with E-state index in [-0.39, 0.29) is 29.4 Å². The molecule has 0 atom stereocenters. The summed E-state index contributed by atoms with van der Waals surface area (Å²) in [4.78, 5) is 4.44. The molecule has 32 heavy (non-hydrogen) atoms. The first kappa shape index (κ1) is 24.6. The van der Waals surface area contributed by atoms with Crippen molar-refractivity contribution in [3.63, 3.8) is 0 Å². The Balaban J connectivity index is 0.00000289. The van der Waals surface area contributed by atoms with Gasteiger partial charge in [-0.25, -0.2) is 0 Å². The van der Waals surface area contributed by atoms with Crippen LogP contribution in [0.25, 0.3) is 0 Å². The van der Waals surface area contributed by atoms with Gasteiger partial charge in [0.2, 0.25) is 0 Å². The number of aliphatic imine (C=N–C) groups is 1. The van der Waals surface area contributed by atoms with Crippen LogP contribution in [0.4, 0.5) is 0 Å². The number of halogens is 1. The SMILES string of the molecule is CN=C(NCCc1ccc2c(c1)CCO2)NCC1(c2ccc(OC)cc2)CCOCC1.I. The zero-order chi connectivity index (χ0) is 21.5. The smallest absolute Gasteiger partial charge is 0.191 e. The highest BCUT2D eigenvalue weighted by atomic mass is 127. The molecule has 0 amide bonds. The summed E-state index contributed by atoms with van der Waals surface area (Å²) in [6, 6.07) is 15.0. The first-order chi connectivity index (χ1) is 15.2. The largest absolute Gasteiger partial charge is 0.497 e. The van der Waals surface area contributed by atoms with Crippen LogP contribution in [0.15, 0.2) is 47.5 Å². The average molecular weight is 551 g/mol. The van der Waals surface area contributed by atoms with Crippen molar-refractivity contribution in [3.8, 4) is 11.5 Å². The summed E-state index contributed by atoms with van der Waals surface area (Å²) < 4.78 is 16.6. The second-order valence-corrected chi connectivity index (χ2v) is 8.26. The molecular formula is C25H34IN3O3. The predicted molar refractivity (Wildman–Crippen MR) is 139 cm³/mol. The zero-order valence-corrected chi connectivity index (χ0v) is 21.3. The van der Waals surface area contributed by atoms with Crippen molar-refractivity contribution in [2.24, 2.45) is 4.99 Å². The summed E-state index contributed by atoms with van der Waals surface area (Å²) in [5, 5.41) is 7.04. The maximum atomic E-state index is 5.66. The molecule has 4 rings (SSSR count). The Hall–Kier alpha value is -2.00. The lowest BCUT2D eigenvalue weighted by Gasteiger charge is -2.38. The molecule has 0 aromatic heterocycles. The summed E-state index contributed by atoms with van der Waals surface area (Å²) in [6.07, 6.45) is 3.93. The molecule has 2 N–H and O–H groups in total. The number of nitrogens with one attached hydrogen (secondary N) is 2. The van der Waals surface area contributed by atoms with Gasteiger partial charge in [0.25, 0.3) is 0 Å². The standard InChI is InChI=1S/C25H33N3O3.HI/c1-26-24(27-13-9-19-3-8-23-20(17-19)10-14-31-23)28-18-25(11-15-30-16-12-25)21-4-6-22(29-2)7-5-21;/h3-8,17H,9-16,18H2,1-2H3,(H2,26,27,28);1H. The number of ether oxygens (including phenoxy) is 3. The summed E-state index contributed by atoms with van der Waals surface area (Å²) in [5.41, 5.74) is 3.99. The molecule has 6 nitrogen and oxygen atoms in total. The molecule has 2 aromatic carbocycles. The molecule has 7 heteroatoms. The van der Waals surface area contributed by atoms with Gasteiger partial charge in [0.15, 0.2) is 5.96 Å². The Morgan fingerprint density at radius 1 is 1.06 bits per heavy atom. The molecular weight excluding hydrogens is 517 g/mol. The molecule has 174 valence electrons. The lowest BCUT2D eigenvalue weighted by molar-refractivity contribution is 0.0513. The van der Waals surface area contributed by atoms with Crippen molar-refractivity contribution in [3.05, 3.63) is 59.2 Å². The van der Waals surface area contributed by atoms with E-state index in [4.69, 9.17) is 14.2 Å². The van der Waals surface area contributed by atoms with Crippen LogP contribution in [0.1, 0.15) is 29.5 Å². The summed E-state index contributed by atoms with van der Waals surface area (Å²) in [5.74, 6) is 2.76. The van der Waals surface area contributed by atoms with Crippen LogP contribution in [-0.4, -0.2) is 53.0 Å². The van der Waals surface area contributed by atoms with Crippen LogP contribution in [0.5, 0.6) is 11.5 Å². The Bertz CT molecular complexity index is 896. The van der Waals surface area contributed by atoms with Gasteiger partial charge in [-0.2, -0.15) is 0 Å². The van der Waals surface area contributed by atoms with Crippen LogP contribution in [0.2, 0.25) is 0 Å². The molecule has 1 fully saturated rings. The molecule has 0 unspecified atom stereocenters. The summed E-state index contributed by atoms with van der Waals surface area (Å²) in [6.45, 7) is 4.01. The van der Waals surface area contributed by atoms with Crippen LogP contribution in [-0.2, 0) is 23.0 Å². The number of hydrogen-bond donors (Lipinski definition) is 2. The topological polar surface area (TPSA) is 64.1 Å². The van der Waals surface area contributed by atoms with Gasteiger partial charge in [0, 0.05) is 45.2 Å². The number of guanidine groups is 1. The number of fused-ring (bicyclic) bond motifs is 1. The third kappa shape index (κ3) is 5.86. The molecule has 0 bridgehead atoms. The number of hydrogen-bond acceptors (Lipinski definition) is 4. The normalized spacial score (nSPS) is 17.0. The van der Waals surface area contributed by atoms with Gasteiger partial charge < -0.3 is 24.8 Å². The average Bonchev–Trinajstić information content (AvgIpc) is 3.30. The molecule has 0 radical (unpaired) electrons. The van der Waals surface area contributed by atoms with Gasteiger partial charge in [-0.1, -0.05) is 24.3 Å². The van der Waals surface area contributed by atoms with Crippen molar-refractivity contribution >= 4 is 29.9 Å². The Morgan fingerprint density at radius 3 is 2.56 bits per heavy atom. The van der Waals surface area contributed by atoms with Gasteiger partial charge in [0.1, 0.15) is 11.5 Å². The van der Waals surface area contributed by atoms with E-state index in [1.165, 1.54) is 16.7 Å². The molecule has 0 spiro atoms. The van der Waals surface area contributed by atoms with Crippen LogP contribution in [0.3, 0.4) is 0 Å². The number of nitrogens with zero attached hydrogens (tertiary/aromatic N) is 1. The van der Waals surface area contributed by atoms with E-state index in [9.17, 15) is 0 Å². The van der Waals surface area contributed by atoms with Crippen LogP contribution < -0.4 is 20.1 Å². The van der Waals surface area contributed by atoms with Crippen molar-refractivity contribution in [1.82, 2.24) is 10.6 Å². The molecule has 2 aromatic rings. The van der Waals surface area contributed by atoms with E-state index >= 15 is 0 Å². The fourth-order valence-corrected chi connectivity index (χ4v) is 4.47.